The molecule has 0 radical (unpaired) electrons. The summed E-state index contributed by atoms with van der Waals surface area (Å²) in [7, 11) is 0. The van der Waals surface area contributed by atoms with Crippen LogP contribution >= 0.6 is 11.3 Å². The maximum absolute atomic E-state index is 5.48. The normalized spacial score (nSPS) is 11.0. The SMILES string of the molecule is NCCc1cn(Cc2coc(-c3cccs3)n2)nn1. The second-order valence-electron chi connectivity index (χ2n) is 4.07. The van der Waals surface area contributed by atoms with Crippen LogP contribution in [0.4, 0.5) is 0 Å². The van der Waals surface area contributed by atoms with Gasteiger partial charge >= 0.3 is 0 Å². The molecule has 0 aliphatic rings. The van der Waals surface area contributed by atoms with Crippen molar-refractivity contribution >= 4 is 11.3 Å². The molecule has 2 N–H and O–H groups in total. The molecule has 0 amide bonds. The summed E-state index contributed by atoms with van der Waals surface area (Å²) in [5, 5.41) is 10.1. The fourth-order valence-electron chi connectivity index (χ4n) is 1.74. The van der Waals surface area contributed by atoms with Crippen LogP contribution in [0.15, 0.2) is 34.4 Å². The number of oxazole rings is 1. The summed E-state index contributed by atoms with van der Waals surface area (Å²) in [5.74, 6) is 0.646. The van der Waals surface area contributed by atoms with Gasteiger partial charge in [-0.25, -0.2) is 9.67 Å². The Bertz CT molecular complexity index is 643. The van der Waals surface area contributed by atoms with Crippen LogP contribution in [0.25, 0.3) is 10.8 Å². The highest BCUT2D eigenvalue weighted by Crippen LogP contribution is 2.23. The van der Waals surface area contributed by atoms with Crippen LogP contribution in [0, 0.1) is 0 Å². The molecular weight excluding hydrogens is 262 g/mol. The summed E-state index contributed by atoms with van der Waals surface area (Å²) in [5.41, 5.74) is 7.20. The molecule has 0 saturated carbocycles. The lowest BCUT2D eigenvalue weighted by Crippen LogP contribution is -2.03. The van der Waals surface area contributed by atoms with Gasteiger partial charge in [-0.1, -0.05) is 11.3 Å². The molecule has 0 aromatic carbocycles. The third-order valence-corrected chi connectivity index (χ3v) is 3.45. The van der Waals surface area contributed by atoms with Crippen molar-refractivity contribution in [1.82, 2.24) is 20.0 Å². The third-order valence-electron chi connectivity index (χ3n) is 2.59. The van der Waals surface area contributed by atoms with E-state index in [2.05, 4.69) is 15.3 Å². The molecule has 0 fully saturated rings. The molecule has 3 heterocycles. The Kier molecular flexibility index (Phi) is 3.39. The molecule has 19 heavy (non-hydrogen) atoms. The average Bonchev–Trinajstić information content (AvgIpc) is 3.10. The van der Waals surface area contributed by atoms with Crippen molar-refractivity contribution in [1.29, 1.82) is 0 Å². The van der Waals surface area contributed by atoms with E-state index in [1.54, 1.807) is 22.3 Å². The van der Waals surface area contributed by atoms with Gasteiger partial charge < -0.3 is 10.2 Å². The van der Waals surface area contributed by atoms with Gasteiger partial charge in [-0.15, -0.1) is 16.4 Å². The topological polar surface area (TPSA) is 82.8 Å². The highest BCUT2D eigenvalue weighted by Gasteiger charge is 2.08. The Morgan fingerprint density at radius 1 is 1.37 bits per heavy atom. The van der Waals surface area contributed by atoms with Gasteiger partial charge in [-0.05, 0) is 18.0 Å². The number of nitrogens with zero attached hydrogens (tertiary/aromatic N) is 4. The summed E-state index contributed by atoms with van der Waals surface area (Å²) in [6, 6.07) is 3.95. The van der Waals surface area contributed by atoms with E-state index in [0.717, 1.165) is 22.7 Å². The van der Waals surface area contributed by atoms with Gasteiger partial charge in [0.1, 0.15) is 12.0 Å². The van der Waals surface area contributed by atoms with E-state index in [0.29, 0.717) is 19.0 Å². The lowest BCUT2D eigenvalue weighted by molar-refractivity contribution is 0.569. The third kappa shape index (κ3) is 2.72. The molecule has 0 saturated heterocycles. The first-order chi connectivity index (χ1) is 9.35. The van der Waals surface area contributed by atoms with Gasteiger partial charge in [0.25, 0.3) is 0 Å². The lowest BCUT2D eigenvalue weighted by Gasteiger charge is -1.93. The molecule has 0 aliphatic carbocycles. The molecule has 98 valence electrons. The van der Waals surface area contributed by atoms with E-state index in [4.69, 9.17) is 10.2 Å². The van der Waals surface area contributed by atoms with E-state index in [9.17, 15) is 0 Å². The van der Waals surface area contributed by atoms with Crippen molar-refractivity contribution in [3.8, 4) is 10.8 Å². The fraction of sp³-hybridized carbons (Fsp3) is 0.250. The molecule has 3 aromatic rings. The van der Waals surface area contributed by atoms with Crippen molar-refractivity contribution in [2.24, 2.45) is 5.73 Å². The molecule has 0 bridgehead atoms. The number of hydrogen-bond acceptors (Lipinski definition) is 6. The zero-order valence-electron chi connectivity index (χ0n) is 10.2. The van der Waals surface area contributed by atoms with Crippen molar-refractivity contribution in [3.63, 3.8) is 0 Å². The first-order valence-electron chi connectivity index (χ1n) is 5.92. The lowest BCUT2D eigenvalue weighted by atomic mass is 10.3. The molecule has 0 aliphatic heterocycles. The number of rotatable bonds is 5. The van der Waals surface area contributed by atoms with Crippen LogP contribution in [0.2, 0.25) is 0 Å². The van der Waals surface area contributed by atoms with E-state index in [1.807, 2.05) is 23.7 Å². The van der Waals surface area contributed by atoms with Gasteiger partial charge in [0, 0.05) is 12.6 Å². The zero-order chi connectivity index (χ0) is 13.1. The van der Waals surface area contributed by atoms with Crippen LogP contribution < -0.4 is 5.73 Å². The van der Waals surface area contributed by atoms with E-state index in [1.165, 1.54) is 0 Å². The fourth-order valence-corrected chi connectivity index (χ4v) is 2.39. The summed E-state index contributed by atoms with van der Waals surface area (Å²) < 4.78 is 7.19. The molecule has 6 nitrogen and oxygen atoms in total. The van der Waals surface area contributed by atoms with Crippen LogP contribution in [-0.2, 0) is 13.0 Å². The molecule has 0 unspecified atom stereocenters. The highest BCUT2D eigenvalue weighted by molar-refractivity contribution is 7.13. The predicted octanol–water partition coefficient (Wildman–Crippen LogP) is 1.54. The maximum Gasteiger partial charge on any atom is 0.236 e. The van der Waals surface area contributed by atoms with Crippen LogP contribution in [0.1, 0.15) is 11.4 Å². The highest BCUT2D eigenvalue weighted by atomic mass is 32.1. The van der Waals surface area contributed by atoms with Gasteiger partial charge in [0.15, 0.2) is 0 Å². The predicted molar refractivity (Wildman–Crippen MR) is 71.7 cm³/mol. The molecular formula is C12H13N5OS. The van der Waals surface area contributed by atoms with Crippen LogP contribution in [0.5, 0.6) is 0 Å². The minimum absolute atomic E-state index is 0.548. The zero-order valence-corrected chi connectivity index (χ0v) is 11.0. The van der Waals surface area contributed by atoms with Crippen molar-refractivity contribution in [2.45, 2.75) is 13.0 Å². The summed E-state index contributed by atoms with van der Waals surface area (Å²) in [6.07, 6.45) is 4.27. The van der Waals surface area contributed by atoms with E-state index >= 15 is 0 Å². The Morgan fingerprint density at radius 2 is 2.32 bits per heavy atom. The average molecular weight is 275 g/mol. The molecule has 0 atom stereocenters. The summed E-state index contributed by atoms with van der Waals surface area (Å²) in [6.45, 7) is 1.12. The molecule has 3 rings (SSSR count). The Hall–Kier alpha value is -1.99. The van der Waals surface area contributed by atoms with Crippen LogP contribution in [0.3, 0.4) is 0 Å². The molecule has 7 heteroatoms. The number of thiophene rings is 1. The van der Waals surface area contributed by atoms with Crippen molar-refractivity contribution in [3.05, 3.63) is 41.4 Å². The minimum Gasteiger partial charge on any atom is -0.443 e. The largest absolute Gasteiger partial charge is 0.443 e. The quantitative estimate of drug-likeness (QED) is 0.763. The van der Waals surface area contributed by atoms with E-state index in [-0.39, 0.29) is 0 Å². The first kappa shape index (κ1) is 12.1. The van der Waals surface area contributed by atoms with Gasteiger partial charge in [0.05, 0.1) is 17.1 Å². The van der Waals surface area contributed by atoms with Crippen molar-refractivity contribution in [2.75, 3.05) is 6.54 Å². The Labute approximate surface area is 113 Å². The summed E-state index contributed by atoms with van der Waals surface area (Å²) >= 11 is 1.60. The smallest absolute Gasteiger partial charge is 0.236 e. The summed E-state index contributed by atoms with van der Waals surface area (Å²) in [4.78, 5) is 5.46. The standard InChI is InChI=1S/C12H13N5OS/c13-4-3-9-6-17(16-15-9)7-10-8-18-12(14-10)11-2-1-5-19-11/h1-2,5-6,8H,3-4,7,13H2. The Morgan fingerprint density at radius 3 is 3.11 bits per heavy atom. The maximum atomic E-state index is 5.48. The number of hydrogen-bond donors (Lipinski definition) is 1. The van der Waals surface area contributed by atoms with E-state index < -0.39 is 0 Å². The first-order valence-corrected chi connectivity index (χ1v) is 6.80. The minimum atomic E-state index is 0.548. The van der Waals surface area contributed by atoms with Gasteiger partial charge in [0.2, 0.25) is 5.89 Å². The second-order valence-corrected chi connectivity index (χ2v) is 5.02. The van der Waals surface area contributed by atoms with Gasteiger partial charge in [-0.3, -0.25) is 0 Å². The van der Waals surface area contributed by atoms with Crippen molar-refractivity contribution < 1.29 is 4.42 Å². The van der Waals surface area contributed by atoms with Crippen LogP contribution in [-0.4, -0.2) is 26.5 Å². The second kappa shape index (κ2) is 5.33. The molecule has 3 aromatic heterocycles. The Balaban J connectivity index is 1.72. The number of nitrogens with two attached hydrogens (primary N) is 1. The monoisotopic (exact) mass is 275 g/mol. The molecule has 0 spiro atoms. The number of aromatic nitrogens is 4. The van der Waals surface area contributed by atoms with Gasteiger partial charge in [-0.2, -0.15) is 0 Å².